The van der Waals surface area contributed by atoms with E-state index in [2.05, 4.69) is 53.8 Å². The molecule has 0 radical (unpaired) electrons. The first-order valence-electron chi connectivity index (χ1n) is 12.5. The van der Waals surface area contributed by atoms with Crippen molar-refractivity contribution in [2.75, 3.05) is 33.3 Å². The van der Waals surface area contributed by atoms with Gasteiger partial charge in [-0.1, -0.05) is 43.4 Å². The third kappa shape index (κ3) is 5.65. The van der Waals surface area contributed by atoms with Crippen LogP contribution < -0.4 is 4.74 Å². The summed E-state index contributed by atoms with van der Waals surface area (Å²) in [4.78, 5) is 25.0. The summed E-state index contributed by atoms with van der Waals surface area (Å²) in [6.07, 6.45) is 11.3. The Bertz CT molecular complexity index is 1220. The molecule has 6 heteroatoms. The number of H-pyrrole nitrogens is 1. The maximum Gasteiger partial charge on any atom is 0.226 e. The van der Waals surface area contributed by atoms with E-state index < -0.39 is 0 Å². The number of nitrogens with one attached hydrogen (secondary N) is 1. The molecule has 1 aliphatic rings. The van der Waals surface area contributed by atoms with Gasteiger partial charge in [0.25, 0.3) is 0 Å². The van der Waals surface area contributed by atoms with Crippen molar-refractivity contribution in [1.29, 1.82) is 0 Å². The number of methoxy groups -OCH3 is 1. The first-order valence-corrected chi connectivity index (χ1v) is 12.5. The van der Waals surface area contributed by atoms with Crippen LogP contribution in [0.4, 0.5) is 0 Å². The summed E-state index contributed by atoms with van der Waals surface area (Å²) < 4.78 is 5.57. The number of aromatic nitrogens is 2. The standard InChI is InChI=1S/C29H36N4O2/c1-5-22(10-6-9-13-28(34)33-16-14-32(15-17-33)21(2)3)23-18-25-26(20-31-29(25)30-19-23)24-11-7-8-12-27(24)35-4/h6-12,18-21H,5,13-17H2,1-4H3,(H,30,31)/b9-6-,22-10+. The molecular weight excluding hydrogens is 436 g/mol. The molecule has 0 aliphatic carbocycles. The first-order chi connectivity index (χ1) is 17.0. The van der Waals surface area contributed by atoms with Crippen molar-refractivity contribution in [3.05, 3.63) is 66.5 Å². The number of para-hydroxylation sites is 1. The molecule has 1 amide bonds. The number of carbonyl (C=O) groups is 1. The van der Waals surface area contributed by atoms with E-state index in [0.29, 0.717) is 12.5 Å². The number of piperazine rings is 1. The van der Waals surface area contributed by atoms with Gasteiger partial charge in [0.05, 0.1) is 7.11 Å². The minimum absolute atomic E-state index is 0.202. The van der Waals surface area contributed by atoms with Crippen molar-refractivity contribution in [3.8, 4) is 16.9 Å². The molecular formula is C29H36N4O2. The molecule has 1 saturated heterocycles. The average Bonchev–Trinajstić information content (AvgIpc) is 3.31. The van der Waals surface area contributed by atoms with Crippen molar-refractivity contribution < 1.29 is 9.53 Å². The van der Waals surface area contributed by atoms with Gasteiger partial charge in [0.2, 0.25) is 5.91 Å². The molecule has 3 heterocycles. The zero-order valence-electron chi connectivity index (χ0n) is 21.3. The molecule has 0 spiro atoms. The number of rotatable bonds is 8. The van der Waals surface area contributed by atoms with Crippen LogP contribution in [0.5, 0.6) is 5.75 Å². The molecule has 0 unspecified atom stereocenters. The smallest absolute Gasteiger partial charge is 0.226 e. The minimum Gasteiger partial charge on any atom is -0.496 e. The van der Waals surface area contributed by atoms with Crippen LogP contribution in [0.15, 0.2) is 61.0 Å². The predicted octanol–water partition coefficient (Wildman–Crippen LogP) is 5.53. The first kappa shape index (κ1) is 24.7. The van der Waals surface area contributed by atoms with Gasteiger partial charge in [0.1, 0.15) is 11.4 Å². The van der Waals surface area contributed by atoms with Crippen molar-refractivity contribution >= 4 is 22.5 Å². The highest BCUT2D eigenvalue weighted by atomic mass is 16.5. The van der Waals surface area contributed by atoms with Crippen LogP contribution in [0, 0.1) is 0 Å². The molecule has 4 rings (SSSR count). The lowest BCUT2D eigenvalue weighted by Crippen LogP contribution is -2.50. The van der Waals surface area contributed by atoms with Crippen LogP contribution in [-0.2, 0) is 4.79 Å². The largest absolute Gasteiger partial charge is 0.496 e. The Morgan fingerprint density at radius 2 is 1.94 bits per heavy atom. The number of nitrogens with zero attached hydrogens (tertiary/aromatic N) is 3. The van der Waals surface area contributed by atoms with E-state index in [0.717, 1.165) is 66.1 Å². The lowest BCUT2D eigenvalue weighted by Gasteiger charge is -2.36. The molecule has 1 N–H and O–H groups in total. The number of amides is 1. The molecule has 6 nitrogen and oxygen atoms in total. The molecule has 0 saturated carbocycles. The normalized spacial score (nSPS) is 15.5. The summed E-state index contributed by atoms with van der Waals surface area (Å²) in [5.74, 6) is 1.04. The fourth-order valence-electron chi connectivity index (χ4n) is 4.66. The Labute approximate surface area is 208 Å². The van der Waals surface area contributed by atoms with Gasteiger partial charge in [-0.3, -0.25) is 9.69 Å². The summed E-state index contributed by atoms with van der Waals surface area (Å²) in [5, 5.41) is 1.06. The number of fused-ring (bicyclic) bond motifs is 1. The highest BCUT2D eigenvalue weighted by molar-refractivity contribution is 5.96. The summed E-state index contributed by atoms with van der Waals surface area (Å²) in [6, 6.07) is 10.7. The Morgan fingerprint density at radius 3 is 2.66 bits per heavy atom. The highest BCUT2D eigenvalue weighted by Crippen LogP contribution is 2.35. The predicted molar refractivity (Wildman–Crippen MR) is 143 cm³/mol. The third-order valence-electron chi connectivity index (χ3n) is 6.80. The lowest BCUT2D eigenvalue weighted by molar-refractivity contribution is -0.132. The maximum atomic E-state index is 12.6. The second-order valence-corrected chi connectivity index (χ2v) is 9.21. The van der Waals surface area contributed by atoms with Crippen LogP contribution in [0.3, 0.4) is 0 Å². The highest BCUT2D eigenvalue weighted by Gasteiger charge is 2.21. The number of benzene rings is 1. The molecule has 0 atom stereocenters. The number of pyridine rings is 1. The summed E-state index contributed by atoms with van der Waals surface area (Å²) in [6.45, 7) is 10.1. The number of hydrogen-bond donors (Lipinski definition) is 1. The van der Waals surface area contributed by atoms with Gasteiger partial charge >= 0.3 is 0 Å². The van der Waals surface area contributed by atoms with Crippen LogP contribution in [0.25, 0.3) is 27.7 Å². The van der Waals surface area contributed by atoms with Gasteiger partial charge in [0.15, 0.2) is 0 Å². The second-order valence-electron chi connectivity index (χ2n) is 9.21. The lowest BCUT2D eigenvalue weighted by atomic mass is 10.0. The van der Waals surface area contributed by atoms with Crippen molar-refractivity contribution in [1.82, 2.24) is 19.8 Å². The zero-order chi connectivity index (χ0) is 24.8. The monoisotopic (exact) mass is 472 g/mol. The average molecular weight is 473 g/mol. The quantitative estimate of drug-likeness (QED) is 0.438. The van der Waals surface area contributed by atoms with E-state index in [-0.39, 0.29) is 5.91 Å². The summed E-state index contributed by atoms with van der Waals surface area (Å²) in [5.41, 5.74) is 5.22. The molecule has 1 fully saturated rings. The van der Waals surface area contributed by atoms with Crippen LogP contribution in [0.1, 0.15) is 39.2 Å². The van der Waals surface area contributed by atoms with Gasteiger partial charge in [-0.15, -0.1) is 0 Å². The number of ether oxygens (including phenoxy) is 1. The number of hydrogen-bond acceptors (Lipinski definition) is 4. The second kappa shape index (κ2) is 11.4. The minimum atomic E-state index is 0.202. The van der Waals surface area contributed by atoms with Gasteiger partial charge in [-0.05, 0) is 43.5 Å². The van der Waals surface area contributed by atoms with Crippen molar-refractivity contribution in [2.24, 2.45) is 0 Å². The third-order valence-corrected chi connectivity index (χ3v) is 6.80. The Hall–Kier alpha value is -3.38. The maximum absolute atomic E-state index is 12.6. The van der Waals surface area contributed by atoms with E-state index in [1.54, 1.807) is 7.11 Å². The molecule has 1 aromatic carbocycles. The molecule has 0 bridgehead atoms. The van der Waals surface area contributed by atoms with E-state index in [9.17, 15) is 4.79 Å². The van der Waals surface area contributed by atoms with E-state index in [4.69, 9.17) is 4.74 Å². The summed E-state index contributed by atoms with van der Waals surface area (Å²) in [7, 11) is 1.69. The van der Waals surface area contributed by atoms with Crippen LogP contribution in [-0.4, -0.2) is 65.0 Å². The SMILES string of the molecule is CC/C(=C\C=C/CC(=O)N1CCN(C(C)C)CC1)c1cnc2[nH]cc(-c3ccccc3OC)c2c1. The molecule has 184 valence electrons. The number of carbonyl (C=O) groups excluding carboxylic acids is 1. The van der Waals surface area contributed by atoms with Crippen molar-refractivity contribution in [2.45, 2.75) is 39.7 Å². The Kier molecular flexibility index (Phi) is 8.03. The molecule has 35 heavy (non-hydrogen) atoms. The number of aromatic amines is 1. The Balaban J connectivity index is 1.47. The fourth-order valence-corrected chi connectivity index (χ4v) is 4.66. The molecule has 2 aromatic heterocycles. The fraction of sp³-hybridized carbons (Fsp3) is 0.379. The van der Waals surface area contributed by atoms with Gasteiger partial charge in [0, 0.05) is 67.5 Å². The van der Waals surface area contributed by atoms with E-state index >= 15 is 0 Å². The van der Waals surface area contributed by atoms with Crippen molar-refractivity contribution in [3.63, 3.8) is 0 Å². The van der Waals surface area contributed by atoms with Gasteiger partial charge < -0.3 is 14.6 Å². The van der Waals surface area contributed by atoms with E-state index in [1.165, 1.54) is 5.57 Å². The zero-order valence-corrected chi connectivity index (χ0v) is 21.3. The topological polar surface area (TPSA) is 61.5 Å². The Morgan fingerprint density at radius 1 is 1.17 bits per heavy atom. The van der Waals surface area contributed by atoms with Crippen LogP contribution in [0.2, 0.25) is 0 Å². The van der Waals surface area contributed by atoms with Gasteiger partial charge in [-0.2, -0.15) is 0 Å². The number of allylic oxidation sites excluding steroid dienone is 3. The van der Waals surface area contributed by atoms with Gasteiger partial charge in [-0.25, -0.2) is 4.98 Å². The van der Waals surface area contributed by atoms with Crippen LogP contribution >= 0.6 is 0 Å². The molecule has 1 aliphatic heterocycles. The molecule has 3 aromatic rings. The summed E-state index contributed by atoms with van der Waals surface area (Å²) >= 11 is 0. The van der Waals surface area contributed by atoms with E-state index in [1.807, 2.05) is 47.6 Å².